The minimum absolute atomic E-state index is 0.00460. The maximum Gasteiger partial charge on any atom is 0.239 e. The van der Waals surface area contributed by atoms with Crippen LogP contribution in [0.15, 0.2) is 67.2 Å². The smallest absolute Gasteiger partial charge is 0.239 e. The Morgan fingerprint density at radius 3 is 2.86 bits per heavy atom. The number of hydrogen-bond donors (Lipinski definition) is 2. The van der Waals surface area contributed by atoms with E-state index in [1.54, 1.807) is 53.4 Å². The van der Waals surface area contributed by atoms with E-state index in [2.05, 4.69) is 20.3 Å². The Bertz CT molecular complexity index is 1610. The van der Waals surface area contributed by atoms with Gasteiger partial charge in [0.25, 0.3) is 0 Å². The van der Waals surface area contributed by atoms with Crippen molar-refractivity contribution in [3.63, 3.8) is 0 Å². The number of rotatable bonds is 4. The monoisotopic (exact) mass is 485 g/mol. The number of carbonyl (C=O) groups excluding carboxylic acids is 1. The molecule has 8 nitrogen and oxygen atoms in total. The first-order chi connectivity index (χ1) is 17.3. The van der Waals surface area contributed by atoms with Gasteiger partial charge in [-0.3, -0.25) is 4.79 Å². The van der Waals surface area contributed by atoms with E-state index >= 15 is 4.39 Å². The molecule has 6 rings (SSSR count). The first-order valence-corrected chi connectivity index (χ1v) is 11.4. The van der Waals surface area contributed by atoms with Crippen LogP contribution in [-0.2, 0) is 16.6 Å². The molecule has 2 atom stereocenters. The van der Waals surface area contributed by atoms with Gasteiger partial charge in [0.2, 0.25) is 5.91 Å². The molecule has 36 heavy (non-hydrogen) atoms. The number of anilines is 2. The zero-order valence-corrected chi connectivity index (χ0v) is 19.2. The third kappa shape index (κ3) is 3.21. The van der Waals surface area contributed by atoms with Crippen molar-refractivity contribution in [1.29, 1.82) is 0 Å². The number of alkyl halides is 1. The molecule has 3 aromatic heterocycles. The van der Waals surface area contributed by atoms with Crippen LogP contribution < -0.4 is 11.1 Å². The molecular formula is C26H21F2N7O. The van der Waals surface area contributed by atoms with Gasteiger partial charge in [0, 0.05) is 31.4 Å². The standard InChI is InChI=1S/C26H21F2N7O/c1-25(26(28)8-3-2-4-9-26)19-20(29)32-21(33-22(19)34-24(25)36)18-14-35-11-10-30-23(35)17(31-18)13-15-6-5-7-16(27)12-15/h2-8,10-12,14H,9,13H2,1H3,(H3,29,32,33,34,36). The molecule has 1 aromatic carbocycles. The Hall–Kier alpha value is -4.47. The highest BCUT2D eigenvalue weighted by atomic mass is 19.1. The highest BCUT2D eigenvalue weighted by Crippen LogP contribution is 2.51. The van der Waals surface area contributed by atoms with Gasteiger partial charge in [0.05, 0.1) is 11.3 Å². The summed E-state index contributed by atoms with van der Waals surface area (Å²) in [5.41, 5.74) is 5.28. The normalized spacial score (nSPS) is 22.7. The van der Waals surface area contributed by atoms with E-state index in [1.165, 1.54) is 25.1 Å². The molecular weight excluding hydrogens is 464 g/mol. The van der Waals surface area contributed by atoms with Gasteiger partial charge in [0.15, 0.2) is 17.1 Å². The van der Waals surface area contributed by atoms with Crippen molar-refractivity contribution in [1.82, 2.24) is 24.3 Å². The summed E-state index contributed by atoms with van der Waals surface area (Å²) in [7, 11) is 0. The number of carbonyl (C=O) groups is 1. The lowest BCUT2D eigenvalue weighted by molar-refractivity contribution is -0.124. The molecule has 0 saturated heterocycles. The number of hydrogen-bond acceptors (Lipinski definition) is 6. The second-order valence-electron chi connectivity index (χ2n) is 9.13. The van der Waals surface area contributed by atoms with Gasteiger partial charge in [0.1, 0.15) is 28.6 Å². The zero-order chi connectivity index (χ0) is 25.1. The van der Waals surface area contributed by atoms with Gasteiger partial charge >= 0.3 is 0 Å². The lowest BCUT2D eigenvalue weighted by atomic mass is 9.68. The quantitative estimate of drug-likeness (QED) is 0.453. The van der Waals surface area contributed by atoms with E-state index in [-0.39, 0.29) is 35.3 Å². The summed E-state index contributed by atoms with van der Waals surface area (Å²) >= 11 is 0. The lowest BCUT2D eigenvalue weighted by Crippen LogP contribution is -2.50. The molecule has 3 N–H and O–H groups in total. The molecule has 0 bridgehead atoms. The van der Waals surface area contributed by atoms with Crippen LogP contribution in [0.3, 0.4) is 0 Å². The second kappa shape index (κ2) is 7.77. The van der Waals surface area contributed by atoms with Crippen LogP contribution >= 0.6 is 0 Å². The Morgan fingerprint density at radius 1 is 1.22 bits per heavy atom. The topological polar surface area (TPSA) is 111 Å². The van der Waals surface area contributed by atoms with Crippen LogP contribution in [-0.4, -0.2) is 35.9 Å². The predicted octanol–water partition coefficient (Wildman–Crippen LogP) is 3.93. The Labute approximate surface area is 204 Å². The van der Waals surface area contributed by atoms with Gasteiger partial charge in [-0.05, 0) is 30.7 Å². The number of allylic oxidation sites excluding steroid dienone is 4. The molecule has 180 valence electrons. The number of benzene rings is 1. The number of imidazole rings is 1. The average molecular weight is 485 g/mol. The van der Waals surface area contributed by atoms with E-state index in [0.717, 1.165) is 5.56 Å². The molecule has 4 heterocycles. The molecule has 1 amide bonds. The summed E-state index contributed by atoms with van der Waals surface area (Å²) < 4.78 is 31.6. The van der Waals surface area contributed by atoms with E-state index in [0.29, 0.717) is 23.5 Å². The van der Waals surface area contributed by atoms with Crippen LogP contribution in [0.1, 0.15) is 30.2 Å². The first-order valence-electron chi connectivity index (χ1n) is 11.4. The molecule has 0 saturated carbocycles. The molecule has 0 radical (unpaired) electrons. The predicted molar refractivity (Wildman–Crippen MR) is 130 cm³/mol. The van der Waals surface area contributed by atoms with Crippen LogP contribution in [0.5, 0.6) is 0 Å². The van der Waals surface area contributed by atoms with Crippen LogP contribution in [0, 0.1) is 5.82 Å². The molecule has 1 aliphatic heterocycles. The highest BCUT2D eigenvalue weighted by Gasteiger charge is 2.59. The summed E-state index contributed by atoms with van der Waals surface area (Å²) in [6.07, 6.45) is 11.8. The van der Waals surface area contributed by atoms with Crippen molar-refractivity contribution in [3.8, 4) is 11.5 Å². The third-order valence-corrected chi connectivity index (χ3v) is 6.91. The van der Waals surface area contributed by atoms with Crippen LogP contribution in [0.4, 0.5) is 20.4 Å². The van der Waals surface area contributed by atoms with Gasteiger partial charge in [-0.15, -0.1) is 0 Å². The minimum Gasteiger partial charge on any atom is -0.383 e. The molecule has 2 aliphatic rings. The number of nitrogen functional groups attached to an aromatic ring is 1. The van der Waals surface area contributed by atoms with Crippen molar-refractivity contribution >= 4 is 23.2 Å². The average Bonchev–Trinajstić information content (AvgIpc) is 3.43. The Kier molecular flexibility index (Phi) is 4.75. The van der Waals surface area contributed by atoms with Gasteiger partial charge in [-0.2, -0.15) is 0 Å². The summed E-state index contributed by atoms with van der Waals surface area (Å²) in [5.74, 6) is -0.563. The largest absolute Gasteiger partial charge is 0.383 e. The summed E-state index contributed by atoms with van der Waals surface area (Å²) in [6.45, 7) is 1.52. The fourth-order valence-corrected chi connectivity index (χ4v) is 4.95. The summed E-state index contributed by atoms with van der Waals surface area (Å²) in [6, 6.07) is 6.26. The number of nitrogens with one attached hydrogen (secondary N) is 1. The number of fused-ring (bicyclic) bond motifs is 2. The number of nitrogens with two attached hydrogens (primary N) is 1. The number of halogens is 2. The van der Waals surface area contributed by atoms with E-state index in [1.807, 2.05) is 0 Å². The Balaban J connectivity index is 1.46. The van der Waals surface area contributed by atoms with Crippen LogP contribution in [0.2, 0.25) is 0 Å². The van der Waals surface area contributed by atoms with E-state index in [4.69, 9.17) is 10.7 Å². The van der Waals surface area contributed by atoms with Crippen molar-refractivity contribution in [2.24, 2.45) is 0 Å². The van der Waals surface area contributed by atoms with Gasteiger partial charge in [-0.25, -0.2) is 28.7 Å². The molecule has 2 unspecified atom stereocenters. The molecule has 0 fully saturated rings. The van der Waals surface area contributed by atoms with Crippen molar-refractivity contribution in [2.45, 2.75) is 30.8 Å². The van der Waals surface area contributed by atoms with Crippen molar-refractivity contribution in [3.05, 3.63) is 89.8 Å². The maximum absolute atomic E-state index is 16.1. The van der Waals surface area contributed by atoms with E-state index in [9.17, 15) is 9.18 Å². The molecule has 1 aliphatic carbocycles. The molecule has 4 aromatic rings. The minimum atomic E-state index is -1.98. The number of aromatic nitrogens is 5. The highest BCUT2D eigenvalue weighted by molar-refractivity contribution is 6.08. The van der Waals surface area contributed by atoms with E-state index < -0.39 is 17.0 Å². The van der Waals surface area contributed by atoms with Crippen LogP contribution in [0.25, 0.3) is 17.2 Å². The summed E-state index contributed by atoms with van der Waals surface area (Å²) in [5, 5.41) is 2.70. The summed E-state index contributed by atoms with van der Waals surface area (Å²) in [4.78, 5) is 31.1. The maximum atomic E-state index is 16.1. The second-order valence-corrected chi connectivity index (χ2v) is 9.13. The fraction of sp³-hybridized carbons (Fsp3) is 0.192. The van der Waals surface area contributed by atoms with Crippen molar-refractivity contribution in [2.75, 3.05) is 11.1 Å². The van der Waals surface area contributed by atoms with Crippen molar-refractivity contribution < 1.29 is 13.6 Å². The fourth-order valence-electron chi connectivity index (χ4n) is 4.95. The third-order valence-electron chi connectivity index (χ3n) is 6.91. The first kappa shape index (κ1) is 22.0. The zero-order valence-electron chi connectivity index (χ0n) is 19.2. The molecule has 0 spiro atoms. The SMILES string of the molecule is CC1(C2(F)C=CC=CC2)C(=O)Nc2nc(-c3cn4ccnc4c(Cc4cccc(F)c4)n3)nc(N)c21. The molecule has 10 heteroatoms. The van der Waals surface area contributed by atoms with Gasteiger partial charge < -0.3 is 15.5 Å². The Morgan fingerprint density at radius 2 is 2.08 bits per heavy atom. The number of amides is 1. The van der Waals surface area contributed by atoms with Gasteiger partial charge in [-0.1, -0.05) is 30.4 Å². The lowest BCUT2D eigenvalue weighted by Gasteiger charge is -2.37. The number of nitrogens with zero attached hydrogens (tertiary/aromatic N) is 5.